The van der Waals surface area contributed by atoms with Crippen molar-refractivity contribution in [2.75, 3.05) is 17.3 Å². The quantitative estimate of drug-likeness (QED) is 0.708. The summed E-state index contributed by atoms with van der Waals surface area (Å²) in [6.45, 7) is 6.65. The highest BCUT2D eigenvalue weighted by Gasteiger charge is 2.31. The molecule has 1 aliphatic heterocycles. The molecule has 1 aliphatic rings. The molecule has 0 aromatic heterocycles. The molecule has 2 aromatic rings. The van der Waals surface area contributed by atoms with Crippen LogP contribution in [0.2, 0.25) is 0 Å². The maximum Gasteiger partial charge on any atom is 0.283 e. The van der Waals surface area contributed by atoms with E-state index >= 15 is 0 Å². The van der Waals surface area contributed by atoms with E-state index in [0.717, 1.165) is 28.3 Å². The van der Waals surface area contributed by atoms with Gasteiger partial charge >= 0.3 is 0 Å². The molecule has 2 aromatic carbocycles. The molecule has 4 nitrogen and oxygen atoms in total. The third-order valence-electron chi connectivity index (χ3n) is 3.85. The normalized spacial score (nSPS) is 15.5. The van der Waals surface area contributed by atoms with Gasteiger partial charge in [-0.05, 0) is 55.5 Å². The zero-order valence-electron chi connectivity index (χ0n) is 15.2. The smallest absolute Gasteiger partial charge is 0.283 e. The minimum Gasteiger partial charge on any atom is -0.494 e. The lowest BCUT2D eigenvalue weighted by Crippen LogP contribution is -2.30. The van der Waals surface area contributed by atoms with Crippen molar-refractivity contribution in [3.8, 4) is 5.75 Å². The van der Waals surface area contributed by atoms with E-state index in [1.807, 2.05) is 68.5 Å². The zero-order chi connectivity index (χ0) is 18.5. The number of aliphatic imine (C=N–C) groups is 1. The van der Waals surface area contributed by atoms with Crippen molar-refractivity contribution in [2.45, 2.75) is 20.8 Å². The molecule has 0 radical (unpaired) electrons. The first-order valence-corrected chi connectivity index (χ1v) is 9.68. The van der Waals surface area contributed by atoms with Gasteiger partial charge in [-0.15, -0.1) is 0 Å². The first-order valence-electron chi connectivity index (χ1n) is 8.69. The number of hydrogen-bond donors (Lipinski definition) is 0. The predicted octanol–water partition coefficient (Wildman–Crippen LogP) is 4.89. The number of nitrogens with zero attached hydrogens (tertiary/aromatic N) is 2. The van der Waals surface area contributed by atoms with Gasteiger partial charge in [0.25, 0.3) is 5.91 Å². The second-order valence-electron chi connectivity index (χ2n) is 5.84. The van der Waals surface area contributed by atoms with Crippen molar-refractivity contribution in [1.29, 1.82) is 0 Å². The first-order chi connectivity index (χ1) is 12.6. The molecular formula is C21H22N2O2S. The van der Waals surface area contributed by atoms with Gasteiger partial charge in [-0.3, -0.25) is 9.69 Å². The number of hydrogen-bond acceptors (Lipinski definition) is 4. The molecule has 134 valence electrons. The summed E-state index contributed by atoms with van der Waals surface area (Å²) < 4.78 is 5.49. The van der Waals surface area contributed by atoms with Gasteiger partial charge in [0.1, 0.15) is 11.4 Å². The Bertz CT molecular complexity index is 857. The van der Waals surface area contributed by atoms with Crippen LogP contribution in [0.4, 0.5) is 5.69 Å². The summed E-state index contributed by atoms with van der Waals surface area (Å²) in [5.74, 6) is 1.53. The Morgan fingerprint density at radius 1 is 1.15 bits per heavy atom. The highest BCUT2D eigenvalue weighted by molar-refractivity contribution is 8.14. The molecule has 1 amide bonds. The molecule has 0 aliphatic carbocycles. The van der Waals surface area contributed by atoms with Crippen LogP contribution in [-0.4, -0.2) is 23.4 Å². The van der Waals surface area contributed by atoms with Crippen LogP contribution < -0.4 is 9.64 Å². The van der Waals surface area contributed by atoms with Gasteiger partial charge in [-0.2, -0.15) is 0 Å². The first kappa shape index (κ1) is 18.3. The molecule has 0 saturated heterocycles. The number of anilines is 1. The third kappa shape index (κ3) is 3.99. The van der Waals surface area contributed by atoms with Crippen molar-refractivity contribution in [2.24, 2.45) is 4.99 Å². The number of carbonyl (C=O) groups is 1. The molecule has 0 atom stereocenters. The Hall–Kier alpha value is -2.53. The summed E-state index contributed by atoms with van der Waals surface area (Å²) in [5.41, 5.74) is 3.39. The molecule has 26 heavy (non-hydrogen) atoms. The molecule has 1 heterocycles. The second kappa shape index (κ2) is 8.23. The van der Waals surface area contributed by atoms with Crippen LogP contribution in [0.3, 0.4) is 0 Å². The second-order valence-corrected chi connectivity index (χ2v) is 7.07. The van der Waals surface area contributed by atoms with E-state index in [1.165, 1.54) is 0 Å². The standard InChI is InChI=1S/C21H22N2O2S/c1-4-25-18-11-9-17(10-12-18)23-20(24)19(22-21(23)26-5-2)14-16-8-6-7-15(3)13-16/h6-14H,4-5H2,1-3H3. The SMILES string of the molecule is CCOc1ccc(N2C(=O)C(=Cc3cccc(C)c3)N=C2SCC)cc1. The summed E-state index contributed by atoms with van der Waals surface area (Å²) in [4.78, 5) is 19.2. The Morgan fingerprint density at radius 2 is 1.92 bits per heavy atom. The summed E-state index contributed by atoms with van der Waals surface area (Å²) in [5, 5.41) is 0.709. The number of amidine groups is 1. The predicted molar refractivity (Wildman–Crippen MR) is 110 cm³/mol. The zero-order valence-corrected chi connectivity index (χ0v) is 16.0. The van der Waals surface area contributed by atoms with Gasteiger partial charge in [0.05, 0.1) is 12.3 Å². The molecule has 3 rings (SSSR count). The van der Waals surface area contributed by atoms with Crippen molar-refractivity contribution in [3.05, 3.63) is 65.4 Å². The van der Waals surface area contributed by atoms with Gasteiger partial charge in [0.15, 0.2) is 5.17 Å². The fraction of sp³-hybridized carbons (Fsp3) is 0.238. The van der Waals surface area contributed by atoms with Gasteiger partial charge < -0.3 is 4.74 Å². The van der Waals surface area contributed by atoms with E-state index in [0.29, 0.717) is 17.5 Å². The highest BCUT2D eigenvalue weighted by Crippen LogP contribution is 2.30. The van der Waals surface area contributed by atoms with Gasteiger partial charge in [0, 0.05) is 0 Å². The van der Waals surface area contributed by atoms with Gasteiger partial charge in [-0.1, -0.05) is 48.5 Å². The van der Waals surface area contributed by atoms with Crippen LogP contribution in [0.5, 0.6) is 5.75 Å². The van der Waals surface area contributed by atoms with Crippen LogP contribution in [-0.2, 0) is 4.79 Å². The molecule has 0 saturated carbocycles. The van der Waals surface area contributed by atoms with Crippen molar-refractivity contribution < 1.29 is 9.53 Å². The van der Waals surface area contributed by atoms with Crippen LogP contribution in [0.15, 0.2) is 59.2 Å². The Labute approximate surface area is 158 Å². The van der Waals surface area contributed by atoms with Crippen molar-refractivity contribution in [1.82, 2.24) is 0 Å². The van der Waals surface area contributed by atoms with Gasteiger partial charge in [-0.25, -0.2) is 4.99 Å². The number of aryl methyl sites for hydroxylation is 1. The van der Waals surface area contributed by atoms with E-state index in [2.05, 4.69) is 11.9 Å². The number of amides is 1. The van der Waals surface area contributed by atoms with Crippen molar-refractivity contribution in [3.63, 3.8) is 0 Å². The van der Waals surface area contributed by atoms with E-state index in [1.54, 1.807) is 16.7 Å². The topological polar surface area (TPSA) is 41.9 Å². The highest BCUT2D eigenvalue weighted by atomic mass is 32.2. The minimum absolute atomic E-state index is 0.105. The Kier molecular flexibility index (Phi) is 5.78. The van der Waals surface area contributed by atoms with E-state index in [-0.39, 0.29) is 5.91 Å². The molecule has 0 bridgehead atoms. The fourth-order valence-corrected chi connectivity index (χ4v) is 3.46. The average molecular weight is 366 g/mol. The van der Waals surface area contributed by atoms with Crippen LogP contribution in [0, 0.1) is 6.92 Å². The average Bonchev–Trinajstić information content (AvgIpc) is 2.92. The lowest BCUT2D eigenvalue weighted by Gasteiger charge is -2.17. The largest absolute Gasteiger partial charge is 0.494 e. The molecule has 0 unspecified atom stereocenters. The number of rotatable bonds is 5. The molecular weight excluding hydrogens is 344 g/mol. The fourth-order valence-electron chi connectivity index (χ4n) is 2.73. The van der Waals surface area contributed by atoms with Gasteiger partial charge in [0.2, 0.25) is 0 Å². The number of benzene rings is 2. The third-order valence-corrected chi connectivity index (χ3v) is 4.68. The number of thioether (sulfide) groups is 1. The summed E-state index contributed by atoms with van der Waals surface area (Å²) in [7, 11) is 0. The summed E-state index contributed by atoms with van der Waals surface area (Å²) >= 11 is 1.56. The Balaban J connectivity index is 1.93. The summed E-state index contributed by atoms with van der Waals surface area (Å²) in [6.07, 6.45) is 1.85. The maximum atomic E-state index is 13.0. The minimum atomic E-state index is -0.105. The molecule has 0 N–H and O–H groups in total. The van der Waals surface area contributed by atoms with Crippen molar-refractivity contribution >= 4 is 34.6 Å². The number of ether oxygens (including phenoxy) is 1. The monoisotopic (exact) mass is 366 g/mol. The van der Waals surface area contributed by atoms with E-state index < -0.39 is 0 Å². The lowest BCUT2D eigenvalue weighted by atomic mass is 10.1. The summed E-state index contributed by atoms with van der Waals surface area (Å²) in [6, 6.07) is 15.6. The molecule has 5 heteroatoms. The lowest BCUT2D eigenvalue weighted by molar-refractivity contribution is -0.113. The maximum absolute atomic E-state index is 13.0. The Morgan fingerprint density at radius 3 is 2.58 bits per heavy atom. The molecule has 0 spiro atoms. The van der Waals surface area contributed by atoms with E-state index in [4.69, 9.17) is 4.74 Å². The molecule has 0 fully saturated rings. The van der Waals surface area contributed by atoms with Crippen LogP contribution >= 0.6 is 11.8 Å². The van der Waals surface area contributed by atoms with Crippen LogP contribution in [0.1, 0.15) is 25.0 Å². The van der Waals surface area contributed by atoms with Crippen LogP contribution in [0.25, 0.3) is 6.08 Å². The number of carbonyl (C=O) groups excluding carboxylic acids is 1. The van der Waals surface area contributed by atoms with E-state index in [9.17, 15) is 4.79 Å².